The van der Waals surface area contributed by atoms with E-state index in [9.17, 15) is 4.39 Å². The monoisotopic (exact) mass is 201 g/mol. The van der Waals surface area contributed by atoms with Gasteiger partial charge in [0.25, 0.3) is 0 Å². The molecule has 0 fully saturated rings. The molecule has 0 atom stereocenters. The van der Waals surface area contributed by atoms with E-state index in [4.69, 9.17) is 21.7 Å². The van der Waals surface area contributed by atoms with E-state index in [1.807, 2.05) is 0 Å². The van der Waals surface area contributed by atoms with Gasteiger partial charge in [0.2, 0.25) is 5.90 Å². The molecular weight excluding hydrogens is 193 g/mol. The number of halogens is 2. The molecule has 0 aliphatic carbocycles. The third-order valence-corrected chi connectivity index (χ3v) is 1.78. The molecule has 0 aromatic heterocycles. The molecule has 0 radical (unpaired) electrons. The van der Waals surface area contributed by atoms with Gasteiger partial charge in [-0.15, -0.1) is 0 Å². The molecular formula is C9H9ClFNO. The van der Waals surface area contributed by atoms with Gasteiger partial charge in [-0.3, -0.25) is 5.41 Å². The maximum absolute atomic E-state index is 13.2. The van der Waals surface area contributed by atoms with Crippen LogP contribution >= 0.6 is 11.6 Å². The molecule has 70 valence electrons. The van der Waals surface area contributed by atoms with Crippen molar-refractivity contribution in [1.82, 2.24) is 0 Å². The van der Waals surface area contributed by atoms with Crippen LogP contribution in [0.3, 0.4) is 0 Å². The van der Waals surface area contributed by atoms with Gasteiger partial charge < -0.3 is 4.74 Å². The van der Waals surface area contributed by atoms with Crippen molar-refractivity contribution in [2.24, 2.45) is 0 Å². The molecule has 13 heavy (non-hydrogen) atoms. The smallest absolute Gasteiger partial charge is 0.216 e. The summed E-state index contributed by atoms with van der Waals surface area (Å²) in [6.45, 7) is 2.07. The van der Waals surface area contributed by atoms with Gasteiger partial charge in [0.1, 0.15) is 0 Å². The van der Waals surface area contributed by atoms with E-state index >= 15 is 0 Å². The molecule has 2 nitrogen and oxygen atoms in total. The first-order chi connectivity index (χ1) is 6.16. The zero-order valence-corrected chi connectivity index (χ0v) is 7.86. The third-order valence-electron chi connectivity index (χ3n) is 1.48. The summed E-state index contributed by atoms with van der Waals surface area (Å²) >= 11 is 5.53. The Hall–Kier alpha value is -1.09. The average Bonchev–Trinajstić information content (AvgIpc) is 2.10. The third kappa shape index (κ3) is 2.18. The van der Waals surface area contributed by atoms with E-state index in [0.29, 0.717) is 6.61 Å². The lowest BCUT2D eigenvalue weighted by atomic mass is 10.2. The van der Waals surface area contributed by atoms with Crippen molar-refractivity contribution in [2.45, 2.75) is 6.92 Å². The van der Waals surface area contributed by atoms with Crippen LogP contribution in [0.1, 0.15) is 12.5 Å². The average molecular weight is 202 g/mol. The highest BCUT2D eigenvalue weighted by Gasteiger charge is 2.11. The number of benzene rings is 1. The number of nitrogens with one attached hydrogen (secondary N) is 1. The predicted octanol–water partition coefficient (Wildman–Crippen LogP) is 2.84. The summed E-state index contributed by atoms with van der Waals surface area (Å²) in [7, 11) is 0. The topological polar surface area (TPSA) is 33.1 Å². The van der Waals surface area contributed by atoms with Crippen molar-refractivity contribution in [2.75, 3.05) is 6.61 Å². The van der Waals surface area contributed by atoms with Crippen molar-refractivity contribution in [1.29, 1.82) is 5.41 Å². The van der Waals surface area contributed by atoms with Crippen LogP contribution in [0.4, 0.5) is 4.39 Å². The van der Waals surface area contributed by atoms with Crippen LogP contribution in [0.2, 0.25) is 5.02 Å². The van der Waals surface area contributed by atoms with Gasteiger partial charge in [0.05, 0.1) is 17.2 Å². The molecule has 0 heterocycles. The Morgan fingerprint density at radius 1 is 1.62 bits per heavy atom. The lowest BCUT2D eigenvalue weighted by Gasteiger charge is -2.06. The van der Waals surface area contributed by atoms with Gasteiger partial charge >= 0.3 is 0 Å². The maximum Gasteiger partial charge on any atom is 0.216 e. The van der Waals surface area contributed by atoms with Gasteiger partial charge in [-0.1, -0.05) is 17.7 Å². The summed E-state index contributed by atoms with van der Waals surface area (Å²) < 4.78 is 18.1. The summed E-state index contributed by atoms with van der Waals surface area (Å²) in [6, 6.07) is 4.47. The van der Waals surface area contributed by atoms with Crippen LogP contribution in [0.25, 0.3) is 0 Å². The minimum Gasteiger partial charge on any atom is -0.478 e. The summed E-state index contributed by atoms with van der Waals surface area (Å²) in [5, 5.41) is 7.35. The molecule has 0 spiro atoms. The first-order valence-electron chi connectivity index (χ1n) is 3.82. The lowest BCUT2D eigenvalue weighted by Crippen LogP contribution is -2.07. The quantitative estimate of drug-likeness (QED) is 0.579. The second-order valence-corrected chi connectivity index (χ2v) is 2.77. The Morgan fingerprint density at radius 3 is 2.92 bits per heavy atom. The number of rotatable bonds is 2. The van der Waals surface area contributed by atoms with E-state index in [1.54, 1.807) is 13.0 Å². The Morgan fingerprint density at radius 2 is 2.31 bits per heavy atom. The molecule has 4 heteroatoms. The Balaban J connectivity index is 3.01. The Labute approximate surface area is 80.8 Å². The van der Waals surface area contributed by atoms with Crippen LogP contribution in [-0.4, -0.2) is 12.5 Å². The van der Waals surface area contributed by atoms with Gasteiger partial charge in [-0.05, 0) is 19.1 Å². The standard InChI is InChI=1S/C9H9ClFNO/c1-2-13-9(12)6-4-3-5-7(10)8(6)11/h3-5,12H,2H2,1H3. The van der Waals surface area contributed by atoms with Gasteiger partial charge in [-0.25, -0.2) is 4.39 Å². The zero-order chi connectivity index (χ0) is 9.84. The van der Waals surface area contributed by atoms with Crippen molar-refractivity contribution < 1.29 is 9.13 Å². The van der Waals surface area contributed by atoms with Crippen LogP contribution in [0.15, 0.2) is 18.2 Å². The SMILES string of the molecule is CCOC(=N)c1cccc(Cl)c1F. The van der Waals surface area contributed by atoms with E-state index in [0.717, 1.165) is 0 Å². The van der Waals surface area contributed by atoms with E-state index in [-0.39, 0.29) is 16.5 Å². The van der Waals surface area contributed by atoms with Crippen LogP contribution < -0.4 is 0 Å². The van der Waals surface area contributed by atoms with E-state index in [2.05, 4.69) is 0 Å². The number of ether oxygens (including phenoxy) is 1. The lowest BCUT2D eigenvalue weighted by molar-refractivity contribution is 0.324. The number of hydrogen-bond acceptors (Lipinski definition) is 2. The molecule has 1 aromatic carbocycles. The molecule has 0 amide bonds. The maximum atomic E-state index is 13.2. The molecule has 0 saturated carbocycles. The second kappa shape index (κ2) is 4.23. The fourth-order valence-corrected chi connectivity index (χ4v) is 1.08. The Bertz CT molecular complexity index is 327. The van der Waals surface area contributed by atoms with Crippen LogP contribution in [-0.2, 0) is 4.74 Å². The van der Waals surface area contributed by atoms with Gasteiger partial charge in [0.15, 0.2) is 5.82 Å². The van der Waals surface area contributed by atoms with Crippen molar-refractivity contribution in [3.05, 3.63) is 34.6 Å². The summed E-state index contributed by atoms with van der Waals surface area (Å²) in [5.41, 5.74) is 0.0920. The number of hydrogen-bond donors (Lipinski definition) is 1. The first-order valence-corrected chi connectivity index (χ1v) is 4.20. The minimum absolute atomic E-state index is 0.00181. The van der Waals surface area contributed by atoms with E-state index in [1.165, 1.54) is 12.1 Å². The Kier molecular flexibility index (Phi) is 3.25. The fourth-order valence-electron chi connectivity index (χ4n) is 0.901. The first kappa shape index (κ1) is 9.99. The fraction of sp³-hybridized carbons (Fsp3) is 0.222. The molecule has 1 N–H and O–H groups in total. The summed E-state index contributed by atoms with van der Waals surface area (Å²) in [5.74, 6) is -0.801. The molecule has 1 aromatic rings. The van der Waals surface area contributed by atoms with Crippen molar-refractivity contribution in [3.63, 3.8) is 0 Å². The summed E-state index contributed by atoms with van der Waals surface area (Å²) in [6.07, 6.45) is 0. The molecule has 1 rings (SSSR count). The van der Waals surface area contributed by atoms with Gasteiger partial charge in [0, 0.05) is 0 Å². The largest absolute Gasteiger partial charge is 0.478 e. The normalized spacial score (nSPS) is 9.77. The molecule has 0 saturated heterocycles. The molecule has 0 aliphatic rings. The molecule has 0 aliphatic heterocycles. The van der Waals surface area contributed by atoms with E-state index < -0.39 is 5.82 Å². The van der Waals surface area contributed by atoms with Crippen LogP contribution in [0.5, 0.6) is 0 Å². The highest BCUT2D eigenvalue weighted by Crippen LogP contribution is 2.18. The predicted molar refractivity (Wildman–Crippen MR) is 49.9 cm³/mol. The zero-order valence-electron chi connectivity index (χ0n) is 7.10. The highest BCUT2D eigenvalue weighted by atomic mass is 35.5. The molecule has 0 bridgehead atoms. The minimum atomic E-state index is -0.609. The van der Waals surface area contributed by atoms with Crippen molar-refractivity contribution in [3.8, 4) is 0 Å². The molecule has 0 unspecified atom stereocenters. The second-order valence-electron chi connectivity index (χ2n) is 2.36. The van der Waals surface area contributed by atoms with Gasteiger partial charge in [-0.2, -0.15) is 0 Å². The van der Waals surface area contributed by atoms with Crippen LogP contribution in [0, 0.1) is 11.2 Å². The van der Waals surface area contributed by atoms with Crippen molar-refractivity contribution >= 4 is 17.5 Å². The summed E-state index contributed by atoms with van der Waals surface area (Å²) in [4.78, 5) is 0. The highest BCUT2D eigenvalue weighted by molar-refractivity contribution is 6.31.